The molecule has 2 saturated carbocycles. The van der Waals surface area contributed by atoms with Gasteiger partial charge in [0.25, 0.3) is 5.56 Å². The van der Waals surface area contributed by atoms with Gasteiger partial charge in [-0.2, -0.15) is 15.1 Å². The number of aromatic nitrogens is 6. The molecule has 3 heterocycles. The van der Waals surface area contributed by atoms with Gasteiger partial charge in [-0.15, -0.1) is 0 Å². The first-order valence-electron chi connectivity index (χ1n) is 16.4. The number of aromatic hydroxyl groups is 1. The van der Waals surface area contributed by atoms with Crippen molar-refractivity contribution in [2.75, 3.05) is 0 Å². The van der Waals surface area contributed by atoms with Crippen LogP contribution in [0.25, 0.3) is 28.3 Å². The number of hydrogen-bond donors (Lipinski definition) is 2. The fourth-order valence-electron chi connectivity index (χ4n) is 7.14. The van der Waals surface area contributed by atoms with E-state index in [1.807, 2.05) is 64.5 Å². The van der Waals surface area contributed by atoms with Crippen LogP contribution in [-0.4, -0.2) is 57.3 Å². The highest BCUT2D eigenvalue weighted by Gasteiger charge is 2.42. The van der Waals surface area contributed by atoms with Gasteiger partial charge in [-0.3, -0.25) is 13.9 Å². The third-order valence-corrected chi connectivity index (χ3v) is 9.92. The van der Waals surface area contributed by atoms with E-state index < -0.39 is 11.7 Å². The van der Waals surface area contributed by atoms with E-state index in [2.05, 4.69) is 27.1 Å². The number of fused-ring (bicyclic) bond motifs is 1. The van der Waals surface area contributed by atoms with Crippen molar-refractivity contribution < 1.29 is 19.5 Å². The molecule has 11 heteroatoms. The number of aryl methyl sites for hydroxylation is 1. The Labute approximate surface area is 266 Å². The molecule has 2 fully saturated rings. The second-order valence-corrected chi connectivity index (χ2v) is 12.8. The van der Waals surface area contributed by atoms with Crippen molar-refractivity contribution in [3.63, 3.8) is 0 Å². The lowest BCUT2D eigenvalue weighted by Gasteiger charge is -2.43. The Kier molecular flexibility index (Phi) is 8.20. The van der Waals surface area contributed by atoms with Crippen molar-refractivity contribution in [1.82, 2.24) is 29.3 Å². The summed E-state index contributed by atoms with van der Waals surface area (Å²) >= 11 is 0. The molecule has 0 amide bonds. The van der Waals surface area contributed by atoms with Crippen LogP contribution in [0, 0.1) is 0 Å². The topological polar surface area (TPSA) is 141 Å². The van der Waals surface area contributed by atoms with E-state index in [4.69, 9.17) is 9.26 Å². The van der Waals surface area contributed by atoms with Gasteiger partial charge in [0.05, 0.1) is 23.5 Å². The first-order valence-corrected chi connectivity index (χ1v) is 16.4. The lowest BCUT2D eigenvalue weighted by molar-refractivity contribution is -0.167. The molecule has 2 aliphatic rings. The monoisotopic (exact) mass is 624 g/mol. The first-order chi connectivity index (χ1) is 22.3. The Morgan fingerprint density at radius 2 is 1.80 bits per heavy atom. The lowest BCUT2D eigenvalue weighted by atomic mass is 9.76. The molecule has 1 unspecified atom stereocenters. The van der Waals surface area contributed by atoms with Crippen molar-refractivity contribution in [3.8, 4) is 28.6 Å². The van der Waals surface area contributed by atoms with Crippen LogP contribution in [0.15, 0.2) is 64.2 Å². The Balaban J connectivity index is 1.16. The van der Waals surface area contributed by atoms with Gasteiger partial charge in [-0.25, -0.2) is 4.52 Å². The Morgan fingerprint density at radius 1 is 1.07 bits per heavy atom. The number of ether oxygens (including phenoxy) is 1. The summed E-state index contributed by atoms with van der Waals surface area (Å²) in [6.07, 6.45) is 8.95. The van der Waals surface area contributed by atoms with E-state index in [0.717, 1.165) is 91.3 Å². The average Bonchev–Trinajstić information content (AvgIpc) is 3.72. The van der Waals surface area contributed by atoms with Gasteiger partial charge in [0, 0.05) is 23.6 Å². The van der Waals surface area contributed by atoms with Gasteiger partial charge in [-0.05, 0) is 75.0 Å². The van der Waals surface area contributed by atoms with Crippen LogP contribution in [-0.2, 0) is 17.6 Å². The van der Waals surface area contributed by atoms with E-state index >= 15 is 0 Å². The van der Waals surface area contributed by atoms with Crippen molar-refractivity contribution in [3.05, 3.63) is 82.0 Å². The van der Waals surface area contributed by atoms with Gasteiger partial charge in [-0.1, -0.05) is 67.0 Å². The summed E-state index contributed by atoms with van der Waals surface area (Å²) in [6, 6.07) is 15.8. The predicted molar refractivity (Wildman–Crippen MR) is 172 cm³/mol. The van der Waals surface area contributed by atoms with Gasteiger partial charge < -0.3 is 14.9 Å². The molecule has 240 valence electrons. The average molecular weight is 625 g/mol. The van der Waals surface area contributed by atoms with Crippen LogP contribution in [0.4, 0.5) is 0 Å². The van der Waals surface area contributed by atoms with Crippen molar-refractivity contribution >= 4 is 5.78 Å². The molecule has 0 aliphatic heterocycles. The van der Waals surface area contributed by atoms with Crippen LogP contribution < -0.4 is 5.56 Å². The van der Waals surface area contributed by atoms with Crippen molar-refractivity contribution in [2.24, 2.45) is 0 Å². The molecular weight excluding hydrogens is 584 g/mol. The first kappa shape index (κ1) is 30.3. The zero-order valence-corrected chi connectivity index (χ0v) is 26.3. The largest absolute Gasteiger partial charge is 0.464 e. The Morgan fingerprint density at radius 3 is 2.46 bits per heavy atom. The number of aliphatic hydroxyl groups is 1. The molecule has 2 aliphatic carbocycles. The molecule has 0 radical (unpaired) electrons. The summed E-state index contributed by atoms with van der Waals surface area (Å²) in [6.45, 7) is 4.09. The maximum absolute atomic E-state index is 14.4. The zero-order valence-electron chi connectivity index (χ0n) is 26.3. The number of hydrogen-bond acceptors (Lipinski definition) is 9. The summed E-state index contributed by atoms with van der Waals surface area (Å²) in [5, 5.41) is 28.8. The number of rotatable bonds is 10. The summed E-state index contributed by atoms with van der Waals surface area (Å²) in [7, 11) is 0. The van der Waals surface area contributed by atoms with Crippen LogP contribution >= 0.6 is 0 Å². The highest BCUT2D eigenvalue weighted by Crippen LogP contribution is 2.39. The third-order valence-electron chi connectivity index (χ3n) is 9.92. The highest BCUT2D eigenvalue weighted by atomic mass is 16.6. The van der Waals surface area contributed by atoms with Gasteiger partial charge in [0.1, 0.15) is 6.33 Å². The lowest BCUT2D eigenvalue weighted by Crippen LogP contribution is -2.49. The van der Waals surface area contributed by atoms with Crippen LogP contribution in [0.2, 0.25) is 0 Å². The Bertz CT molecular complexity index is 1880. The van der Waals surface area contributed by atoms with E-state index in [1.165, 1.54) is 0 Å². The maximum atomic E-state index is 14.4. The fourth-order valence-corrected chi connectivity index (χ4v) is 7.14. The maximum Gasteiger partial charge on any atom is 0.415 e. The second-order valence-electron chi connectivity index (χ2n) is 12.8. The molecule has 3 aromatic heterocycles. The van der Waals surface area contributed by atoms with Crippen LogP contribution in [0.1, 0.15) is 88.1 Å². The van der Waals surface area contributed by atoms with Crippen LogP contribution in [0.5, 0.6) is 6.08 Å². The van der Waals surface area contributed by atoms with E-state index in [0.29, 0.717) is 18.0 Å². The number of nitrogens with zero attached hydrogens (tertiary/aromatic N) is 6. The molecule has 2 N–H and O–H groups in total. The summed E-state index contributed by atoms with van der Waals surface area (Å²) in [4.78, 5) is 22.9. The van der Waals surface area contributed by atoms with E-state index in [1.54, 1.807) is 6.33 Å². The zero-order chi connectivity index (χ0) is 31.8. The second kappa shape index (κ2) is 12.4. The van der Waals surface area contributed by atoms with Gasteiger partial charge in [0.2, 0.25) is 11.6 Å². The summed E-state index contributed by atoms with van der Waals surface area (Å²) in [5.41, 5.74) is 4.58. The fraction of sp³-hybridized carbons (Fsp3) is 0.457. The quantitative estimate of drug-likeness (QED) is 0.201. The standard InChI is InChI=1S/C35H40N6O5/c1-3-7-30-29(20-23-10-12-24(13-11-23)27-8-4-5-9-28(27)31-38-34(43)46-39-31)32(42)40(33-36-21-37-41(30)33)25-14-16-26(17-15-25)45-22(2)35(44)18-6-19-35/h4-5,8-13,21-22,25-26,44H,3,6-7,14-20H2,1-2H3,(H,38,39,43)/t22?,25-,26-. The minimum atomic E-state index is -0.689. The molecule has 46 heavy (non-hydrogen) atoms. The molecule has 1 atom stereocenters. The van der Waals surface area contributed by atoms with Gasteiger partial charge in [0.15, 0.2) is 0 Å². The molecule has 0 saturated heterocycles. The van der Waals surface area contributed by atoms with Crippen molar-refractivity contribution in [2.45, 2.75) is 102 Å². The minimum Gasteiger partial charge on any atom is -0.464 e. The summed E-state index contributed by atoms with van der Waals surface area (Å²) < 4.78 is 14.8. The summed E-state index contributed by atoms with van der Waals surface area (Å²) in [5.74, 6) is 0.909. The molecule has 2 aromatic carbocycles. The van der Waals surface area contributed by atoms with Crippen molar-refractivity contribution in [1.29, 1.82) is 0 Å². The molecule has 0 bridgehead atoms. The normalized spacial score (nSPS) is 20.1. The molecule has 5 aromatic rings. The predicted octanol–water partition coefficient (Wildman–Crippen LogP) is 5.66. The SMILES string of the molecule is CCCc1c(Cc2ccc(-c3ccccc3-c3noc(O)n3)cc2)c(=O)n([C@H]2CC[C@H](OC(C)C3(O)CCC3)CC2)c2ncnn12. The van der Waals surface area contributed by atoms with E-state index in [9.17, 15) is 15.0 Å². The van der Waals surface area contributed by atoms with Crippen LogP contribution in [0.3, 0.4) is 0 Å². The smallest absolute Gasteiger partial charge is 0.415 e. The molecular formula is C35H40N6O5. The molecule has 7 rings (SSSR count). The van der Waals surface area contributed by atoms with E-state index in [-0.39, 0.29) is 23.8 Å². The molecule has 11 nitrogen and oxygen atoms in total. The molecule has 0 spiro atoms. The highest BCUT2D eigenvalue weighted by molar-refractivity contribution is 5.80. The number of benzene rings is 2. The third kappa shape index (κ3) is 5.62. The van der Waals surface area contributed by atoms with Gasteiger partial charge >= 0.3 is 6.08 Å². The minimum absolute atomic E-state index is 0.000901. The Hall–Kier alpha value is -4.35.